The molecule has 0 spiro atoms. The molecule has 31 heavy (non-hydrogen) atoms. The second-order valence-corrected chi connectivity index (χ2v) is 12.8. The van der Waals surface area contributed by atoms with Crippen molar-refractivity contribution in [3.8, 4) is 0 Å². The molecule has 10 atom stereocenters. The predicted octanol–water partition coefficient (Wildman–Crippen LogP) is 5.95. The third-order valence-corrected chi connectivity index (χ3v) is 11.1. The highest BCUT2D eigenvalue weighted by Gasteiger charge is 2.60. The smallest absolute Gasteiger partial charge is 0.159 e. The van der Waals surface area contributed by atoms with E-state index in [2.05, 4.69) is 41.5 Å². The third kappa shape index (κ3) is 3.23. The van der Waals surface area contributed by atoms with Gasteiger partial charge < -0.3 is 9.84 Å². The van der Waals surface area contributed by atoms with Crippen molar-refractivity contribution >= 4 is 5.78 Å². The van der Waals surface area contributed by atoms with Crippen LogP contribution in [0.1, 0.15) is 92.9 Å². The van der Waals surface area contributed by atoms with Crippen LogP contribution in [0.2, 0.25) is 0 Å². The molecular weight excluding hydrogens is 384 g/mol. The molecule has 0 amide bonds. The Bertz CT molecular complexity index is 783. The Morgan fingerprint density at radius 3 is 2.48 bits per heavy atom. The molecule has 0 radical (unpaired) electrons. The van der Waals surface area contributed by atoms with Crippen LogP contribution in [0.3, 0.4) is 0 Å². The molecule has 0 aromatic heterocycles. The van der Waals surface area contributed by atoms with Crippen molar-refractivity contribution in [2.45, 2.75) is 111 Å². The highest BCUT2D eigenvalue weighted by molar-refractivity contribution is 6.00. The largest absolute Gasteiger partial charge is 0.393 e. The van der Waals surface area contributed by atoms with E-state index in [1.54, 1.807) is 0 Å². The number of Topliss-reactive ketones (excluding diaryl/α,β-unsaturated/α-hetero) is 1. The molecule has 174 valence electrons. The summed E-state index contributed by atoms with van der Waals surface area (Å²) in [5.41, 5.74) is 3.10. The number of aliphatic hydroxyl groups is 1. The van der Waals surface area contributed by atoms with E-state index in [4.69, 9.17) is 4.74 Å². The Balaban J connectivity index is 1.42. The number of aliphatic hydroxyl groups excluding tert-OH is 1. The van der Waals surface area contributed by atoms with Crippen molar-refractivity contribution in [3.05, 3.63) is 11.1 Å². The summed E-state index contributed by atoms with van der Waals surface area (Å²) >= 11 is 0. The van der Waals surface area contributed by atoms with Gasteiger partial charge in [0.15, 0.2) is 5.78 Å². The Kier molecular flexibility index (Phi) is 5.30. The lowest BCUT2D eigenvalue weighted by Gasteiger charge is -2.56. The second-order valence-electron chi connectivity index (χ2n) is 12.8. The molecule has 4 aliphatic carbocycles. The van der Waals surface area contributed by atoms with Crippen molar-refractivity contribution in [3.63, 3.8) is 0 Å². The summed E-state index contributed by atoms with van der Waals surface area (Å²) in [6, 6.07) is 0. The molecule has 3 nitrogen and oxygen atoms in total. The van der Waals surface area contributed by atoms with Gasteiger partial charge in [0.2, 0.25) is 0 Å². The number of carbonyl (C=O) groups excluding carboxylic acids is 1. The lowest BCUT2D eigenvalue weighted by atomic mass is 9.48. The normalized spacial score (nSPS) is 48.8. The number of hydrogen-bond donors (Lipinski definition) is 1. The van der Waals surface area contributed by atoms with Crippen LogP contribution in [0.5, 0.6) is 0 Å². The van der Waals surface area contributed by atoms with Gasteiger partial charge >= 0.3 is 0 Å². The first-order valence-electron chi connectivity index (χ1n) is 13.2. The summed E-state index contributed by atoms with van der Waals surface area (Å²) in [7, 11) is 0. The summed E-state index contributed by atoms with van der Waals surface area (Å²) in [6.07, 6.45) is 8.98. The van der Waals surface area contributed by atoms with E-state index >= 15 is 0 Å². The molecule has 0 bridgehead atoms. The quantitative estimate of drug-likeness (QED) is 0.563. The summed E-state index contributed by atoms with van der Waals surface area (Å²) in [4.78, 5) is 13.5. The Morgan fingerprint density at radius 2 is 1.77 bits per heavy atom. The average molecular weight is 429 g/mol. The fourth-order valence-corrected chi connectivity index (χ4v) is 8.70. The van der Waals surface area contributed by atoms with Gasteiger partial charge in [-0.1, -0.05) is 47.1 Å². The monoisotopic (exact) mass is 428 g/mol. The third-order valence-electron chi connectivity index (χ3n) is 11.1. The van der Waals surface area contributed by atoms with Crippen LogP contribution in [0.15, 0.2) is 11.1 Å². The maximum absolute atomic E-state index is 13.5. The summed E-state index contributed by atoms with van der Waals surface area (Å²) in [5, 5.41) is 10.3. The minimum Gasteiger partial charge on any atom is -0.393 e. The van der Waals surface area contributed by atoms with Crippen molar-refractivity contribution < 1.29 is 14.6 Å². The van der Waals surface area contributed by atoms with Crippen LogP contribution in [0.4, 0.5) is 0 Å². The topological polar surface area (TPSA) is 49.8 Å². The van der Waals surface area contributed by atoms with Crippen LogP contribution in [-0.2, 0) is 9.53 Å². The fourth-order valence-electron chi connectivity index (χ4n) is 8.70. The van der Waals surface area contributed by atoms with Crippen LogP contribution < -0.4 is 0 Å². The highest BCUT2D eigenvalue weighted by atomic mass is 16.6. The molecule has 1 heterocycles. The number of carbonyl (C=O) groups is 1. The van der Waals surface area contributed by atoms with Crippen molar-refractivity contribution in [1.29, 1.82) is 0 Å². The zero-order valence-corrected chi connectivity index (χ0v) is 20.6. The summed E-state index contributed by atoms with van der Waals surface area (Å²) < 4.78 is 6.23. The number of fused-ring (bicyclic) bond motifs is 4. The van der Waals surface area contributed by atoms with E-state index in [0.717, 1.165) is 44.9 Å². The zero-order chi connectivity index (χ0) is 22.3. The van der Waals surface area contributed by atoms with Gasteiger partial charge in [0.1, 0.15) is 0 Å². The summed E-state index contributed by atoms with van der Waals surface area (Å²) in [5.74, 6) is 3.74. The number of rotatable bonds is 4. The van der Waals surface area contributed by atoms with Crippen LogP contribution in [0.25, 0.3) is 0 Å². The maximum Gasteiger partial charge on any atom is 0.159 e. The highest BCUT2D eigenvalue weighted by Crippen LogP contribution is 2.65. The first-order valence-corrected chi connectivity index (χ1v) is 13.2. The summed E-state index contributed by atoms with van der Waals surface area (Å²) in [6.45, 7) is 14.2. The SMILES string of the molecule is CC(C)C(C)[C@@H]1O[C@H]1[C@@H](C)[C@H]1CC(=O)C2=C3CC[C@H]4C[C@@H](O)CC[C@]4(C)[C@H]3CC[C@@]21C. The standard InChI is InChI=1S/C28H44O3/c1-15(2)16(3)25-26(31-25)17(4)22-14-23(30)24-20-8-7-18-13-19(29)9-11-27(18,5)21(20)10-12-28(22,24)6/h15-19,21-22,25-26,29H,7-14H2,1-6H3/t16?,17-,18-,19-,21-,22+,25-,26-,27-,28+/m0/s1. The molecule has 3 saturated carbocycles. The average Bonchev–Trinajstić information content (AvgIpc) is 3.46. The fraction of sp³-hybridized carbons (Fsp3) is 0.893. The van der Waals surface area contributed by atoms with E-state index < -0.39 is 0 Å². The van der Waals surface area contributed by atoms with Gasteiger partial charge in [-0.25, -0.2) is 0 Å². The van der Waals surface area contributed by atoms with Crippen molar-refractivity contribution in [1.82, 2.24) is 0 Å². The molecule has 1 aliphatic heterocycles. The molecule has 0 aromatic carbocycles. The van der Waals surface area contributed by atoms with Gasteiger partial charge in [-0.2, -0.15) is 0 Å². The number of epoxide rings is 1. The number of hydrogen-bond acceptors (Lipinski definition) is 3. The molecule has 5 rings (SSSR count). The van der Waals surface area contributed by atoms with Gasteiger partial charge in [0.25, 0.3) is 0 Å². The molecule has 5 aliphatic rings. The Hall–Kier alpha value is -0.670. The number of ketones is 1. The van der Waals surface area contributed by atoms with Gasteiger partial charge in [-0.3, -0.25) is 4.79 Å². The van der Waals surface area contributed by atoms with Crippen molar-refractivity contribution in [2.75, 3.05) is 0 Å². The molecule has 3 heteroatoms. The molecule has 1 unspecified atom stereocenters. The first kappa shape index (κ1) is 22.1. The van der Waals surface area contributed by atoms with Crippen LogP contribution in [-0.4, -0.2) is 29.2 Å². The minimum atomic E-state index is -0.112. The number of ether oxygens (including phenoxy) is 1. The van der Waals surface area contributed by atoms with E-state index in [1.165, 1.54) is 17.6 Å². The van der Waals surface area contributed by atoms with Gasteiger partial charge in [-0.15, -0.1) is 0 Å². The van der Waals surface area contributed by atoms with E-state index in [-0.39, 0.29) is 16.9 Å². The zero-order valence-electron chi connectivity index (χ0n) is 20.6. The first-order chi connectivity index (χ1) is 14.6. The molecule has 1 N–H and O–H groups in total. The van der Waals surface area contributed by atoms with E-state index in [1.807, 2.05) is 0 Å². The predicted molar refractivity (Wildman–Crippen MR) is 123 cm³/mol. The molecule has 1 saturated heterocycles. The van der Waals surface area contributed by atoms with Gasteiger partial charge in [-0.05, 0) is 91.3 Å². The molecule has 4 fully saturated rings. The van der Waals surface area contributed by atoms with Crippen molar-refractivity contribution in [2.24, 2.45) is 46.3 Å². The minimum absolute atomic E-state index is 0.0390. The molecular formula is C28H44O3. The second kappa shape index (κ2) is 7.42. The van der Waals surface area contributed by atoms with Crippen LogP contribution >= 0.6 is 0 Å². The van der Waals surface area contributed by atoms with Gasteiger partial charge in [0.05, 0.1) is 18.3 Å². The van der Waals surface area contributed by atoms with E-state index in [0.29, 0.717) is 53.5 Å². The number of allylic oxidation sites excluding steroid dienone is 2. The lowest BCUT2D eigenvalue weighted by Crippen LogP contribution is -2.48. The van der Waals surface area contributed by atoms with Crippen LogP contribution in [0, 0.1) is 46.3 Å². The lowest BCUT2D eigenvalue weighted by molar-refractivity contribution is -0.115. The van der Waals surface area contributed by atoms with Gasteiger partial charge in [0, 0.05) is 12.0 Å². The van der Waals surface area contributed by atoms with E-state index in [9.17, 15) is 9.90 Å². The maximum atomic E-state index is 13.5. The Morgan fingerprint density at radius 1 is 1.03 bits per heavy atom. The Labute approximate surface area is 189 Å². The molecule has 0 aromatic rings.